The molecule has 532 valence electrons. The van der Waals surface area contributed by atoms with Crippen molar-refractivity contribution in [3.63, 3.8) is 0 Å². The van der Waals surface area contributed by atoms with Gasteiger partial charge in [0.25, 0.3) is 0 Å². The Hall–Kier alpha value is -10.0. The quantitative estimate of drug-likeness (QED) is 0.0387. The van der Waals surface area contributed by atoms with E-state index in [2.05, 4.69) is 49.1 Å². The van der Waals surface area contributed by atoms with Crippen molar-refractivity contribution < 1.29 is 69.2 Å². The third-order valence-electron chi connectivity index (χ3n) is 16.7. The van der Waals surface area contributed by atoms with Crippen LogP contribution in [0.2, 0.25) is 0 Å². The molecular weight excluding hydrogens is 1340 g/mol. The van der Waals surface area contributed by atoms with Gasteiger partial charge >= 0.3 is 30.4 Å². The van der Waals surface area contributed by atoms with Crippen molar-refractivity contribution in [2.75, 3.05) is 36.0 Å². The second kappa shape index (κ2) is 31.5. The molecule has 12 rings (SSSR count). The number of nitrogens with zero attached hydrogens (tertiary/aromatic N) is 10. The highest BCUT2D eigenvalue weighted by Crippen LogP contribution is 2.44. The Morgan fingerprint density at radius 1 is 0.630 bits per heavy atom. The van der Waals surface area contributed by atoms with Crippen LogP contribution in [-0.4, -0.2) is 109 Å². The Kier molecular flexibility index (Phi) is 23.8. The van der Waals surface area contributed by atoms with Gasteiger partial charge in [-0.3, -0.25) is 9.59 Å². The summed E-state index contributed by atoms with van der Waals surface area (Å²) in [7, 11) is 0. The van der Waals surface area contributed by atoms with Crippen molar-refractivity contribution in [2.45, 2.75) is 139 Å². The molecule has 0 fully saturated rings. The van der Waals surface area contributed by atoms with Gasteiger partial charge in [0.2, 0.25) is 11.9 Å². The summed E-state index contributed by atoms with van der Waals surface area (Å²) in [6.07, 6.45) is 0.520. The number of aromatic amines is 2. The standard InChI is InChI=1S/C32H31F4N7O2.C30H28F4N6O.C7H13NO4.CH4.ClH/c1-3-18-6-5-7-19(4-2)29(18)43-30(27-22-8-10-38-28(22)20(12-24(27)33)17-45-26(44)13-37)23-16-42(11-9-25(23)41-43)31-39-14-21(15-40-31)32(34,35)36;1-3-17-6-5-7-18(4-2)27(17)40-28(25-21-8-10-35-26(21)19(16-41)12-23(25)31)22-15-39(11-9-24(22)38-40)29-36-13-20(14-37-29)30(32,33)34;1-7(2,3)12-6(11)8-4-5(9)10;;/h5-8,10,12,14-15,38H,3-4,9,11,13,16-17,37H2,1-2H3;5-8,10,12-14,35,41H,3-4,9,11,15-16H2,1-2H3;4H2,1-3H3,(H,8,11)(H,9,10);1H4;1H. The second-order valence-corrected chi connectivity index (χ2v) is 24.1. The van der Waals surface area contributed by atoms with E-state index in [1.54, 1.807) is 55.1 Å². The van der Waals surface area contributed by atoms with Gasteiger partial charge in [-0.2, -0.15) is 36.5 Å². The number of carboxylic acids is 1. The minimum Gasteiger partial charge on any atom is -0.480 e. The van der Waals surface area contributed by atoms with E-state index in [1.165, 1.54) is 12.1 Å². The van der Waals surface area contributed by atoms with Crippen molar-refractivity contribution in [1.29, 1.82) is 0 Å². The number of alkyl carbamates (subject to hydrolysis) is 1. The number of nitrogens with two attached hydrogens (primary N) is 1. The van der Waals surface area contributed by atoms with Crippen LogP contribution in [0.25, 0.3) is 55.7 Å². The van der Waals surface area contributed by atoms with Crippen LogP contribution in [0.4, 0.5) is 51.8 Å². The number of fused-ring (bicyclic) bond motifs is 4. The predicted molar refractivity (Wildman–Crippen MR) is 363 cm³/mol. The van der Waals surface area contributed by atoms with E-state index in [-0.39, 0.29) is 64.6 Å². The minimum absolute atomic E-state index is 0. The summed E-state index contributed by atoms with van der Waals surface area (Å²) in [5.41, 5.74) is 15.8. The number of ether oxygens (including phenoxy) is 2. The first-order valence-corrected chi connectivity index (χ1v) is 31.6. The van der Waals surface area contributed by atoms with Crippen molar-refractivity contribution in [3.8, 4) is 33.9 Å². The van der Waals surface area contributed by atoms with Gasteiger partial charge in [0.05, 0.1) is 69.5 Å². The molecule has 10 aromatic rings. The number of alkyl halides is 6. The number of esters is 1. The summed E-state index contributed by atoms with van der Waals surface area (Å²) in [4.78, 5) is 58.4. The molecule has 30 heteroatoms. The summed E-state index contributed by atoms with van der Waals surface area (Å²) in [6.45, 7) is 13.4. The highest BCUT2D eigenvalue weighted by atomic mass is 35.5. The number of H-pyrrole nitrogens is 2. The van der Waals surface area contributed by atoms with Gasteiger partial charge in [0.1, 0.15) is 30.4 Å². The SMILES string of the molecule is C.CC(C)(C)OC(=O)NCC(=O)O.CCc1cccc(CC)c1-n1nc2c(c1-c1c(F)cc(CO)c3[nH]ccc13)CN(c1ncc(C(F)(F)F)cn1)CC2.CCc1cccc(CC)c1-n1nc2c(c1-c1c(F)cc(COC(=O)CN)c3[nH]ccc13)CN(c1ncc(C(F)(F)F)cn1)CC2.Cl. The highest BCUT2D eigenvalue weighted by molar-refractivity contribution is 5.99. The number of carboxylic acid groups (broad SMARTS) is 1. The fourth-order valence-electron chi connectivity index (χ4n) is 12.1. The average Bonchev–Trinajstić information content (AvgIpc) is 1.56. The van der Waals surface area contributed by atoms with Gasteiger partial charge in [-0.1, -0.05) is 71.5 Å². The number of aromatic nitrogens is 10. The zero-order chi connectivity index (χ0) is 70.5. The number of hydrogen-bond acceptors (Lipinski definition) is 15. The van der Waals surface area contributed by atoms with Crippen LogP contribution in [-0.2, 0) is 96.2 Å². The van der Waals surface area contributed by atoms with E-state index in [0.717, 1.165) is 93.8 Å². The lowest BCUT2D eigenvalue weighted by atomic mass is 9.95. The lowest BCUT2D eigenvalue weighted by Gasteiger charge is -2.27. The number of aryl methyl sites for hydroxylation is 4. The fraction of sp³-hybridized carbons (Fsp3) is 0.357. The van der Waals surface area contributed by atoms with E-state index in [1.807, 2.05) is 59.6 Å². The molecule has 4 aromatic carbocycles. The van der Waals surface area contributed by atoms with Crippen LogP contribution in [0.5, 0.6) is 0 Å². The summed E-state index contributed by atoms with van der Waals surface area (Å²) in [5, 5.41) is 31.4. The van der Waals surface area contributed by atoms with Crippen molar-refractivity contribution >= 4 is 64.1 Å². The number of anilines is 2. The Morgan fingerprint density at radius 2 is 1.03 bits per heavy atom. The van der Waals surface area contributed by atoms with Gasteiger partial charge in [0, 0.05) is 120 Å². The summed E-state index contributed by atoms with van der Waals surface area (Å²) < 4.78 is 125. The van der Waals surface area contributed by atoms with E-state index in [9.17, 15) is 45.8 Å². The molecule has 0 atom stereocenters. The Balaban J connectivity index is 0.000000216. The molecule has 0 bridgehead atoms. The number of aliphatic carboxylic acids is 1. The number of hydrogen-bond donors (Lipinski definition) is 6. The third-order valence-corrected chi connectivity index (χ3v) is 16.7. The molecule has 0 radical (unpaired) electrons. The highest BCUT2D eigenvalue weighted by Gasteiger charge is 2.37. The molecule has 7 N–H and O–H groups in total. The first-order chi connectivity index (χ1) is 46.7. The third kappa shape index (κ3) is 16.2. The molecule has 0 spiro atoms. The average molecular weight is 1410 g/mol. The number of rotatable bonds is 16. The molecular formula is C70H77ClF8N14O7. The van der Waals surface area contributed by atoms with Crippen LogP contribution in [0.1, 0.15) is 123 Å². The molecule has 21 nitrogen and oxygen atoms in total. The largest absolute Gasteiger partial charge is 0.480 e. The van der Waals surface area contributed by atoms with E-state index >= 15 is 8.78 Å². The predicted octanol–water partition coefficient (Wildman–Crippen LogP) is 13.5. The van der Waals surface area contributed by atoms with Gasteiger partial charge in [-0.25, -0.2) is 42.9 Å². The number of amides is 1. The second-order valence-electron chi connectivity index (χ2n) is 24.1. The molecule has 1 amide bonds. The van der Waals surface area contributed by atoms with Gasteiger partial charge < -0.3 is 50.5 Å². The van der Waals surface area contributed by atoms with E-state index < -0.39 is 65.3 Å². The van der Waals surface area contributed by atoms with Gasteiger partial charge in [-0.05, 0) is 93.0 Å². The van der Waals surface area contributed by atoms with Crippen molar-refractivity contribution in [2.24, 2.45) is 5.73 Å². The smallest absolute Gasteiger partial charge is 0.419 e. The zero-order valence-corrected chi connectivity index (χ0v) is 55.9. The molecule has 0 unspecified atom stereocenters. The normalized spacial score (nSPS) is 12.9. The maximum atomic E-state index is 16.5. The monoisotopic (exact) mass is 1410 g/mol. The van der Waals surface area contributed by atoms with Crippen LogP contribution >= 0.6 is 12.4 Å². The molecule has 8 heterocycles. The van der Waals surface area contributed by atoms with Crippen LogP contribution in [0.3, 0.4) is 0 Å². The lowest BCUT2D eigenvalue weighted by molar-refractivity contribution is -0.143. The molecule has 2 aliphatic rings. The maximum Gasteiger partial charge on any atom is 0.419 e. The summed E-state index contributed by atoms with van der Waals surface area (Å²) in [6, 6.07) is 18.4. The number of aliphatic hydroxyl groups is 1. The number of para-hydroxylation sites is 2. The Labute approximate surface area is 576 Å². The van der Waals surface area contributed by atoms with E-state index in [4.69, 9.17) is 30.5 Å². The molecule has 2 aliphatic heterocycles. The summed E-state index contributed by atoms with van der Waals surface area (Å²) in [5.74, 6) is -2.45. The fourth-order valence-corrected chi connectivity index (χ4v) is 12.1. The number of nitrogens with one attached hydrogen (secondary N) is 3. The van der Waals surface area contributed by atoms with Gasteiger partial charge in [0.15, 0.2) is 0 Å². The topological polar surface area (TPSA) is 273 Å². The molecule has 6 aromatic heterocycles. The van der Waals surface area contributed by atoms with Crippen LogP contribution in [0, 0.1) is 11.6 Å². The number of halogens is 9. The number of carbonyl (C=O) groups is 3. The van der Waals surface area contributed by atoms with Crippen molar-refractivity contribution in [3.05, 3.63) is 177 Å². The maximum absolute atomic E-state index is 16.5. The first kappa shape index (κ1) is 75.8. The van der Waals surface area contributed by atoms with Crippen molar-refractivity contribution in [1.82, 2.24) is 54.8 Å². The number of carbonyl (C=O) groups excluding carboxylic acids is 2. The Bertz CT molecular complexity index is 4520. The lowest BCUT2D eigenvalue weighted by Crippen LogP contribution is -2.35. The van der Waals surface area contributed by atoms with Crippen LogP contribution in [0.15, 0.2) is 97.8 Å². The van der Waals surface area contributed by atoms with Crippen LogP contribution < -0.4 is 20.9 Å². The van der Waals surface area contributed by atoms with E-state index in [0.29, 0.717) is 94.2 Å². The molecule has 100 heavy (non-hydrogen) atoms. The number of benzene rings is 4. The minimum atomic E-state index is -4.56. The van der Waals surface area contributed by atoms with Gasteiger partial charge in [-0.15, -0.1) is 12.4 Å². The molecule has 0 aliphatic carbocycles. The Morgan fingerprint density at radius 3 is 1.39 bits per heavy atom. The zero-order valence-electron chi connectivity index (χ0n) is 55.1. The molecule has 0 saturated heterocycles. The number of aliphatic hydroxyl groups excluding tert-OH is 1. The first-order valence-electron chi connectivity index (χ1n) is 31.6. The summed E-state index contributed by atoms with van der Waals surface area (Å²) >= 11 is 0. The molecule has 0 saturated carbocycles.